The van der Waals surface area contributed by atoms with Gasteiger partial charge in [-0.3, -0.25) is 4.79 Å². The molecule has 1 aliphatic carbocycles. The lowest BCUT2D eigenvalue weighted by Crippen LogP contribution is -2.37. The van der Waals surface area contributed by atoms with Gasteiger partial charge in [0.05, 0.1) is 25.6 Å². The van der Waals surface area contributed by atoms with Crippen LogP contribution in [0.2, 0.25) is 5.02 Å². The van der Waals surface area contributed by atoms with Gasteiger partial charge in [0, 0.05) is 22.7 Å². The second kappa shape index (κ2) is 9.43. The molecule has 162 valence electrons. The second-order valence-electron chi connectivity index (χ2n) is 7.68. The molecule has 1 heterocycles. The number of benzene rings is 2. The summed E-state index contributed by atoms with van der Waals surface area (Å²) in [5, 5.41) is 8.51. The minimum Gasteiger partial charge on any atom is -0.497 e. The molecule has 0 atom stereocenters. The average Bonchev–Trinajstić information content (AvgIpc) is 3.25. The van der Waals surface area contributed by atoms with E-state index in [1.54, 1.807) is 43.2 Å². The van der Waals surface area contributed by atoms with E-state index in [9.17, 15) is 4.79 Å². The van der Waals surface area contributed by atoms with Crippen molar-refractivity contribution in [3.63, 3.8) is 0 Å². The summed E-state index contributed by atoms with van der Waals surface area (Å²) in [5.74, 6) is 1.16. The molecule has 1 fully saturated rings. The zero-order valence-electron chi connectivity index (χ0n) is 17.7. The van der Waals surface area contributed by atoms with E-state index in [0.717, 1.165) is 36.9 Å². The molecule has 1 aliphatic rings. The summed E-state index contributed by atoms with van der Waals surface area (Å²) in [7, 11) is 3.21. The van der Waals surface area contributed by atoms with Crippen molar-refractivity contribution in [1.29, 1.82) is 0 Å². The van der Waals surface area contributed by atoms with Crippen molar-refractivity contribution in [3.05, 3.63) is 59.2 Å². The molecule has 7 heteroatoms. The summed E-state index contributed by atoms with van der Waals surface area (Å²) in [6, 6.07) is 14.8. The number of ether oxygens (including phenoxy) is 2. The maximum Gasteiger partial charge on any atom is 0.270 e. The molecule has 1 amide bonds. The number of hydrogen-bond acceptors (Lipinski definition) is 4. The summed E-state index contributed by atoms with van der Waals surface area (Å²) in [6.07, 6.45) is 5.54. The fourth-order valence-electron chi connectivity index (χ4n) is 4.00. The Kier molecular flexibility index (Phi) is 6.47. The third-order valence-corrected chi connectivity index (χ3v) is 5.85. The van der Waals surface area contributed by atoms with Gasteiger partial charge in [0.25, 0.3) is 5.91 Å². The number of carbonyl (C=O) groups is 1. The van der Waals surface area contributed by atoms with E-state index in [4.69, 9.17) is 26.2 Å². The molecular weight excluding hydrogens is 414 g/mol. The summed E-state index contributed by atoms with van der Waals surface area (Å²) >= 11 is 6.21. The fraction of sp³-hybridized carbons (Fsp3) is 0.333. The normalized spacial score (nSPS) is 14.3. The van der Waals surface area contributed by atoms with Gasteiger partial charge in [-0.25, -0.2) is 4.68 Å². The molecule has 31 heavy (non-hydrogen) atoms. The van der Waals surface area contributed by atoms with Gasteiger partial charge in [-0.15, -0.1) is 0 Å². The first-order valence-corrected chi connectivity index (χ1v) is 10.9. The smallest absolute Gasteiger partial charge is 0.270 e. The number of nitrogens with zero attached hydrogens (tertiary/aromatic N) is 2. The Hall–Kier alpha value is -2.99. The number of methoxy groups -OCH3 is 2. The van der Waals surface area contributed by atoms with E-state index in [-0.39, 0.29) is 11.9 Å². The first-order chi connectivity index (χ1) is 15.1. The van der Waals surface area contributed by atoms with Crippen molar-refractivity contribution >= 4 is 17.5 Å². The number of amides is 1. The first kappa shape index (κ1) is 21.2. The van der Waals surface area contributed by atoms with Gasteiger partial charge in [-0.2, -0.15) is 5.10 Å². The third-order valence-electron chi connectivity index (χ3n) is 5.62. The minimum atomic E-state index is -0.141. The maximum absolute atomic E-state index is 13.2. The Morgan fingerprint density at radius 3 is 2.58 bits per heavy atom. The first-order valence-electron chi connectivity index (χ1n) is 10.5. The van der Waals surface area contributed by atoms with E-state index < -0.39 is 0 Å². The maximum atomic E-state index is 13.2. The van der Waals surface area contributed by atoms with Gasteiger partial charge in [0.15, 0.2) is 0 Å². The van der Waals surface area contributed by atoms with Crippen LogP contribution in [0.5, 0.6) is 11.5 Å². The molecule has 0 saturated heterocycles. The van der Waals surface area contributed by atoms with Crippen LogP contribution in [0.1, 0.15) is 42.6 Å². The molecule has 0 unspecified atom stereocenters. The number of hydrogen-bond donors (Lipinski definition) is 1. The Labute approximate surface area is 187 Å². The molecule has 1 saturated carbocycles. The van der Waals surface area contributed by atoms with Crippen LogP contribution in [-0.2, 0) is 0 Å². The summed E-state index contributed by atoms with van der Waals surface area (Å²) in [4.78, 5) is 13.2. The Balaban J connectivity index is 1.76. The van der Waals surface area contributed by atoms with Crippen molar-refractivity contribution in [1.82, 2.24) is 15.1 Å². The molecule has 0 radical (unpaired) electrons. The standard InChI is InChI=1S/C24H26ClN3O3/c1-30-19-11-12-20(23(14-19)31-2)21-15-22(24(29)26-17-8-4-3-5-9-17)28(27-21)18-10-6-7-16(25)13-18/h6-7,10-15,17H,3-5,8-9H2,1-2H3,(H,26,29). The van der Waals surface area contributed by atoms with Crippen LogP contribution in [-0.4, -0.2) is 35.9 Å². The molecule has 0 bridgehead atoms. The molecule has 6 nitrogen and oxygen atoms in total. The zero-order valence-corrected chi connectivity index (χ0v) is 18.5. The minimum absolute atomic E-state index is 0.141. The van der Waals surface area contributed by atoms with Crippen LogP contribution in [0.25, 0.3) is 16.9 Å². The summed E-state index contributed by atoms with van der Waals surface area (Å²) in [5.41, 5.74) is 2.59. The molecule has 3 aromatic rings. The number of halogens is 1. The number of aromatic nitrogens is 2. The van der Waals surface area contributed by atoms with Crippen LogP contribution in [0.15, 0.2) is 48.5 Å². The summed E-state index contributed by atoms with van der Waals surface area (Å²) in [6.45, 7) is 0. The van der Waals surface area contributed by atoms with Crippen molar-refractivity contribution < 1.29 is 14.3 Å². The zero-order chi connectivity index (χ0) is 21.8. The number of nitrogens with one attached hydrogen (secondary N) is 1. The highest BCUT2D eigenvalue weighted by molar-refractivity contribution is 6.30. The Morgan fingerprint density at radius 1 is 1.06 bits per heavy atom. The molecule has 0 aliphatic heterocycles. The van der Waals surface area contributed by atoms with Gasteiger partial charge < -0.3 is 14.8 Å². The monoisotopic (exact) mass is 439 g/mol. The van der Waals surface area contributed by atoms with Crippen LogP contribution in [0, 0.1) is 0 Å². The SMILES string of the molecule is COc1ccc(-c2cc(C(=O)NC3CCCCC3)n(-c3cccc(Cl)c3)n2)c(OC)c1. The van der Waals surface area contributed by atoms with Crippen molar-refractivity contribution in [2.75, 3.05) is 14.2 Å². The quantitative estimate of drug-likeness (QED) is 0.568. The fourth-order valence-corrected chi connectivity index (χ4v) is 4.18. The van der Waals surface area contributed by atoms with Crippen LogP contribution in [0.4, 0.5) is 0 Å². The van der Waals surface area contributed by atoms with Crippen LogP contribution >= 0.6 is 11.6 Å². The molecule has 2 aromatic carbocycles. The van der Waals surface area contributed by atoms with Crippen molar-refractivity contribution in [2.24, 2.45) is 0 Å². The van der Waals surface area contributed by atoms with Gasteiger partial charge in [0.2, 0.25) is 0 Å². The van der Waals surface area contributed by atoms with Gasteiger partial charge in [0.1, 0.15) is 17.2 Å². The Bertz CT molecular complexity index is 1070. The van der Waals surface area contributed by atoms with Gasteiger partial charge in [-0.1, -0.05) is 36.9 Å². The molecule has 1 N–H and O–H groups in total. The van der Waals surface area contributed by atoms with Gasteiger partial charge >= 0.3 is 0 Å². The van der Waals surface area contributed by atoms with E-state index >= 15 is 0 Å². The van der Waals surface area contributed by atoms with E-state index in [2.05, 4.69) is 5.32 Å². The molecule has 1 aromatic heterocycles. The van der Waals surface area contributed by atoms with E-state index in [0.29, 0.717) is 27.9 Å². The number of rotatable bonds is 6. The van der Waals surface area contributed by atoms with Crippen molar-refractivity contribution in [3.8, 4) is 28.4 Å². The predicted molar refractivity (Wildman–Crippen MR) is 121 cm³/mol. The van der Waals surface area contributed by atoms with Crippen molar-refractivity contribution in [2.45, 2.75) is 38.1 Å². The average molecular weight is 440 g/mol. The highest BCUT2D eigenvalue weighted by Crippen LogP contribution is 2.33. The topological polar surface area (TPSA) is 65.4 Å². The molecular formula is C24H26ClN3O3. The predicted octanol–water partition coefficient (Wildman–Crippen LogP) is 5.27. The lowest BCUT2D eigenvalue weighted by molar-refractivity contribution is 0.0920. The third kappa shape index (κ3) is 4.69. The lowest BCUT2D eigenvalue weighted by atomic mass is 9.95. The lowest BCUT2D eigenvalue weighted by Gasteiger charge is -2.22. The van der Waals surface area contributed by atoms with E-state index in [1.807, 2.05) is 24.3 Å². The van der Waals surface area contributed by atoms with E-state index in [1.165, 1.54) is 6.42 Å². The van der Waals surface area contributed by atoms with Crippen LogP contribution in [0.3, 0.4) is 0 Å². The number of carbonyl (C=O) groups excluding carboxylic acids is 1. The summed E-state index contributed by atoms with van der Waals surface area (Å²) < 4.78 is 12.5. The Morgan fingerprint density at radius 2 is 1.87 bits per heavy atom. The second-order valence-corrected chi connectivity index (χ2v) is 8.12. The van der Waals surface area contributed by atoms with Gasteiger partial charge in [-0.05, 0) is 49.2 Å². The van der Waals surface area contributed by atoms with Crippen LogP contribution < -0.4 is 14.8 Å². The highest BCUT2D eigenvalue weighted by atomic mass is 35.5. The largest absolute Gasteiger partial charge is 0.497 e. The highest BCUT2D eigenvalue weighted by Gasteiger charge is 2.23. The molecule has 0 spiro atoms. The molecule has 4 rings (SSSR count).